The zero-order chi connectivity index (χ0) is 19.3. The lowest BCUT2D eigenvalue weighted by molar-refractivity contribution is 0.0697. The SMILES string of the molecule is Cn1cc(C(=O)N2CCC(n3cnc4ccccc43)CC2)c2cc[nH]c2c1=O. The highest BCUT2D eigenvalue weighted by Crippen LogP contribution is 2.28. The predicted molar refractivity (Wildman–Crippen MR) is 107 cm³/mol. The Hall–Kier alpha value is -3.35. The molecule has 1 aromatic carbocycles. The van der Waals surface area contributed by atoms with Gasteiger partial charge in [0.1, 0.15) is 5.52 Å². The number of carbonyl (C=O) groups excluding carboxylic acids is 1. The van der Waals surface area contributed by atoms with E-state index in [-0.39, 0.29) is 11.5 Å². The zero-order valence-corrected chi connectivity index (χ0v) is 15.6. The number of carbonyl (C=O) groups is 1. The van der Waals surface area contributed by atoms with E-state index in [4.69, 9.17) is 0 Å². The Balaban J connectivity index is 1.39. The van der Waals surface area contributed by atoms with E-state index in [0.717, 1.165) is 23.9 Å². The van der Waals surface area contributed by atoms with E-state index in [1.807, 2.05) is 29.4 Å². The van der Waals surface area contributed by atoms with Crippen LogP contribution in [0.5, 0.6) is 0 Å². The molecule has 0 unspecified atom stereocenters. The molecule has 4 aromatic rings. The van der Waals surface area contributed by atoms with Gasteiger partial charge in [0.05, 0.1) is 22.9 Å². The first-order valence-electron chi connectivity index (χ1n) is 9.51. The number of nitrogens with zero attached hydrogens (tertiary/aromatic N) is 4. The van der Waals surface area contributed by atoms with Gasteiger partial charge in [0.25, 0.3) is 11.5 Å². The summed E-state index contributed by atoms with van der Waals surface area (Å²) < 4.78 is 3.70. The lowest BCUT2D eigenvalue weighted by Crippen LogP contribution is -2.39. The standard InChI is InChI=1S/C21H21N5O2/c1-24-12-16(15-6-9-22-19(15)21(24)28)20(27)25-10-7-14(8-11-25)26-13-23-17-4-2-3-5-18(17)26/h2-6,9,12-14,22H,7-8,10-11H2,1H3. The summed E-state index contributed by atoms with van der Waals surface area (Å²) >= 11 is 0. The highest BCUT2D eigenvalue weighted by molar-refractivity contribution is 6.05. The molecule has 1 saturated heterocycles. The molecule has 142 valence electrons. The van der Waals surface area contributed by atoms with E-state index in [0.29, 0.717) is 35.6 Å². The predicted octanol–water partition coefficient (Wildman–Crippen LogP) is 2.69. The van der Waals surface area contributed by atoms with Gasteiger partial charge in [-0.15, -0.1) is 0 Å². The molecule has 0 saturated carbocycles. The van der Waals surface area contributed by atoms with Crippen LogP contribution in [0.3, 0.4) is 0 Å². The van der Waals surface area contributed by atoms with Gasteiger partial charge in [0.15, 0.2) is 0 Å². The summed E-state index contributed by atoms with van der Waals surface area (Å²) in [5.74, 6) is -0.0193. The minimum atomic E-state index is -0.123. The quantitative estimate of drug-likeness (QED) is 0.585. The van der Waals surface area contributed by atoms with Gasteiger partial charge in [-0.05, 0) is 31.0 Å². The van der Waals surface area contributed by atoms with Crippen molar-refractivity contribution in [3.05, 3.63) is 65.0 Å². The van der Waals surface area contributed by atoms with Crippen LogP contribution in [0.4, 0.5) is 0 Å². The van der Waals surface area contributed by atoms with E-state index >= 15 is 0 Å². The van der Waals surface area contributed by atoms with E-state index in [1.54, 1.807) is 25.5 Å². The van der Waals surface area contributed by atoms with Crippen LogP contribution in [0.1, 0.15) is 29.2 Å². The number of hydrogen-bond donors (Lipinski definition) is 1. The van der Waals surface area contributed by atoms with Crippen molar-refractivity contribution in [3.63, 3.8) is 0 Å². The minimum absolute atomic E-state index is 0.0193. The van der Waals surface area contributed by atoms with Crippen molar-refractivity contribution in [1.29, 1.82) is 0 Å². The maximum atomic E-state index is 13.2. The summed E-state index contributed by atoms with van der Waals surface area (Å²) in [5.41, 5.74) is 3.07. The average molecular weight is 375 g/mol. The van der Waals surface area contributed by atoms with Gasteiger partial charge >= 0.3 is 0 Å². The normalized spacial score (nSPS) is 15.5. The summed E-state index contributed by atoms with van der Waals surface area (Å²) in [6.07, 6.45) is 7.03. The van der Waals surface area contributed by atoms with Gasteiger partial charge in [-0.1, -0.05) is 12.1 Å². The first-order valence-corrected chi connectivity index (χ1v) is 9.51. The number of rotatable bonds is 2. The maximum absolute atomic E-state index is 13.2. The first-order chi connectivity index (χ1) is 13.6. The largest absolute Gasteiger partial charge is 0.357 e. The number of aromatic amines is 1. The van der Waals surface area contributed by atoms with Crippen molar-refractivity contribution in [2.45, 2.75) is 18.9 Å². The van der Waals surface area contributed by atoms with Crippen molar-refractivity contribution in [2.24, 2.45) is 7.05 Å². The zero-order valence-electron chi connectivity index (χ0n) is 15.6. The van der Waals surface area contributed by atoms with Crippen molar-refractivity contribution >= 4 is 27.8 Å². The molecule has 28 heavy (non-hydrogen) atoms. The number of benzene rings is 1. The fourth-order valence-corrected chi connectivity index (χ4v) is 4.23. The molecule has 1 amide bonds. The first kappa shape index (κ1) is 16.8. The number of pyridine rings is 1. The molecular weight excluding hydrogens is 354 g/mol. The summed E-state index contributed by atoms with van der Waals surface area (Å²) in [5, 5.41) is 0.691. The number of piperidine rings is 1. The lowest BCUT2D eigenvalue weighted by atomic mass is 10.0. The Bertz CT molecular complexity index is 1240. The molecule has 0 bridgehead atoms. The number of fused-ring (bicyclic) bond motifs is 2. The topological polar surface area (TPSA) is 75.9 Å². The second-order valence-electron chi connectivity index (χ2n) is 7.39. The summed E-state index contributed by atoms with van der Waals surface area (Å²) in [7, 11) is 1.68. The Kier molecular flexibility index (Phi) is 3.82. The average Bonchev–Trinajstić information content (AvgIpc) is 3.38. The molecule has 1 fully saturated rings. The second kappa shape index (κ2) is 6.37. The third-order valence-electron chi connectivity index (χ3n) is 5.75. The van der Waals surface area contributed by atoms with E-state index in [1.165, 1.54) is 4.57 Å². The molecule has 0 aliphatic carbocycles. The number of aromatic nitrogens is 4. The van der Waals surface area contributed by atoms with Gasteiger partial charge < -0.3 is 19.0 Å². The van der Waals surface area contributed by atoms with Crippen molar-refractivity contribution < 1.29 is 4.79 Å². The van der Waals surface area contributed by atoms with Crippen LogP contribution < -0.4 is 5.56 Å². The van der Waals surface area contributed by atoms with Crippen LogP contribution in [0.25, 0.3) is 21.9 Å². The molecule has 4 heterocycles. The highest BCUT2D eigenvalue weighted by Gasteiger charge is 2.27. The Morgan fingerprint density at radius 1 is 1.18 bits per heavy atom. The summed E-state index contributed by atoms with van der Waals surface area (Å²) in [6.45, 7) is 1.37. The second-order valence-corrected chi connectivity index (χ2v) is 7.39. The van der Waals surface area contributed by atoms with Crippen LogP contribution in [-0.2, 0) is 7.05 Å². The van der Waals surface area contributed by atoms with Crippen LogP contribution in [0.2, 0.25) is 0 Å². The number of H-pyrrole nitrogens is 1. The number of nitrogens with one attached hydrogen (secondary N) is 1. The maximum Gasteiger partial charge on any atom is 0.274 e. The van der Waals surface area contributed by atoms with Crippen LogP contribution >= 0.6 is 0 Å². The Morgan fingerprint density at radius 2 is 1.96 bits per heavy atom. The molecule has 1 aliphatic rings. The molecule has 0 radical (unpaired) electrons. The van der Waals surface area contributed by atoms with Crippen LogP contribution in [0.15, 0.2) is 53.8 Å². The molecule has 0 spiro atoms. The number of imidazole rings is 1. The van der Waals surface area contributed by atoms with Crippen LogP contribution in [0, 0.1) is 0 Å². The molecule has 3 aromatic heterocycles. The van der Waals surface area contributed by atoms with Gasteiger partial charge in [-0.3, -0.25) is 9.59 Å². The molecule has 7 heteroatoms. The molecule has 1 aliphatic heterocycles. The molecule has 1 N–H and O–H groups in total. The van der Waals surface area contributed by atoms with Crippen LogP contribution in [-0.4, -0.2) is 43.0 Å². The minimum Gasteiger partial charge on any atom is -0.357 e. The third-order valence-corrected chi connectivity index (χ3v) is 5.75. The van der Waals surface area contributed by atoms with Crippen molar-refractivity contribution in [3.8, 4) is 0 Å². The van der Waals surface area contributed by atoms with Gasteiger partial charge in [0.2, 0.25) is 0 Å². The van der Waals surface area contributed by atoms with Crippen molar-refractivity contribution in [2.75, 3.05) is 13.1 Å². The number of amides is 1. The highest BCUT2D eigenvalue weighted by atomic mass is 16.2. The van der Waals surface area contributed by atoms with E-state index in [2.05, 4.69) is 20.6 Å². The fraction of sp³-hybridized carbons (Fsp3) is 0.286. The third kappa shape index (κ3) is 2.54. The lowest BCUT2D eigenvalue weighted by Gasteiger charge is -2.33. The molecular formula is C21H21N5O2. The van der Waals surface area contributed by atoms with E-state index in [9.17, 15) is 9.59 Å². The van der Waals surface area contributed by atoms with Gasteiger partial charge in [-0.2, -0.15) is 0 Å². The Morgan fingerprint density at radius 3 is 2.79 bits per heavy atom. The number of hydrogen-bond acceptors (Lipinski definition) is 3. The van der Waals surface area contributed by atoms with Crippen molar-refractivity contribution in [1.82, 2.24) is 24.0 Å². The smallest absolute Gasteiger partial charge is 0.274 e. The number of aryl methyl sites for hydroxylation is 1. The Labute approximate surface area is 161 Å². The van der Waals surface area contributed by atoms with Gasteiger partial charge in [0, 0.05) is 44.0 Å². The van der Waals surface area contributed by atoms with Gasteiger partial charge in [-0.25, -0.2) is 4.98 Å². The molecule has 5 rings (SSSR count). The monoisotopic (exact) mass is 375 g/mol. The summed E-state index contributed by atoms with van der Waals surface area (Å²) in [6, 6.07) is 10.3. The molecule has 0 atom stereocenters. The molecule has 7 nitrogen and oxygen atoms in total. The fourth-order valence-electron chi connectivity index (χ4n) is 4.23. The van der Waals surface area contributed by atoms with E-state index < -0.39 is 0 Å². The summed E-state index contributed by atoms with van der Waals surface area (Å²) in [4.78, 5) is 34.7. The number of para-hydroxylation sites is 2. The number of likely N-dealkylation sites (tertiary alicyclic amines) is 1.